The van der Waals surface area contributed by atoms with E-state index in [1.54, 1.807) is 13.8 Å². The van der Waals surface area contributed by atoms with Crippen molar-refractivity contribution in [1.82, 2.24) is 4.90 Å². The molecule has 2 rings (SSSR count). The molecule has 1 saturated heterocycles. The van der Waals surface area contributed by atoms with Crippen molar-refractivity contribution in [2.45, 2.75) is 38.4 Å². The van der Waals surface area contributed by atoms with Crippen LogP contribution < -0.4 is 4.74 Å². The molecule has 8 heteroatoms. The summed E-state index contributed by atoms with van der Waals surface area (Å²) in [5.41, 5.74) is -1.14. The first-order chi connectivity index (χ1) is 11.0. The number of carbonyl (C=O) groups is 1. The van der Waals surface area contributed by atoms with Gasteiger partial charge in [0, 0.05) is 19.0 Å². The first-order valence-corrected chi connectivity index (χ1v) is 7.50. The number of halogens is 4. The predicted octanol–water partition coefficient (Wildman–Crippen LogP) is 3.16. The van der Waals surface area contributed by atoms with E-state index in [1.807, 2.05) is 0 Å². The van der Waals surface area contributed by atoms with Crippen LogP contribution in [0.25, 0.3) is 0 Å². The Labute approximate surface area is 137 Å². The number of rotatable bonds is 4. The lowest BCUT2D eigenvalue weighted by atomic mass is 9.84. The maximum absolute atomic E-state index is 13.2. The van der Waals surface area contributed by atoms with Gasteiger partial charge in [0.05, 0.1) is 11.2 Å². The minimum Gasteiger partial charge on any atom is -0.427 e. The Kier molecular flexibility index (Phi) is 5.08. The number of aliphatic hydroxyl groups is 1. The van der Waals surface area contributed by atoms with E-state index in [0.29, 0.717) is 6.42 Å². The lowest BCUT2D eigenvalue weighted by Gasteiger charge is -2.41. The molecule has 0 aromatic heterocycles. The van der Waals surface area contributed by atoms with Gasteiger partial charge in [-0.2, -0.15) is 17.6 Å². The van der Waals surface area contributed by atoms with E-state index in [4.69, 9.17) is 0 Å². The van der Waals surface area contributed by atoms with Crippen molar-refractivity contribution in [3.63, 3.8) is 0 Å². The smallest absolute Gasteiger partial charge is 0.427 e. The summed E-state index contributed by atoms with van der Waals surface area (Å²) in [6.07, 6.45) is -8.36. The largest absolute Gasteiger partial charge is 0.461 e. The molecule has 0 unspecified atom stereocenters. The molecule has 0 saturated carbocycles. The average molecular weight is 349 g/mol. The molecule has 1 N–H and O–H groups in total. The predicted molar refractivity (Wildman–Crippen MR) is 78.3 cm³/mol. The van der Waals surface area contributed by atoms with E-state index in [2.05, 4.69) is 4.74 Å². The van der Waals surface area contributed by atoms with Crippen molar-refractivity contribution in [3.8, 4) is 5.75 Å². The molecule has 1 aliphatic heterocycles. The Morgan fingerprint density at radius 1 is 1.42 bits per heavy atom. The van der Waals surface area contributed by atoms with E-state index in [-0.39, 0.29) is 24.6 Å². The van der Waals surface area contributed by atoms with Crippen LogP contribution in [-0.4, -0.2) is 47.1 Å². The summed E-state index contributed by atoms with van der Waals surface area (Å²) in [6, 6.07) is 5.05. The molecule has 1 aromatic rings. The molecule has 0 aliphatic carbocycles. The molecule has 134 valence electrons. The Morgan fingerprint density at radius 3 is 2.62 bits per heavy atom. The molecule has 24 heavy (non-hydrogen) atoms. The number of amides is 1. The molecule has 0 bridgehead atoms. The normalized spacial score (nSPS) is 25.0. The van der Waals surface area contributed by atoms with Gasteiger partial charge < -0.3 is 14.7 Å². The van der Waals surface area contributed by atoms with E-state index < -0.39 is 29.8 Å². The topological polar surface area (TPSA) is 49.8 Å². The van der Waals surface area contributed by atoms with Gasteiger partial charge in [-0.3, -0.25) is 4.79 Å². The van der Waals surface area contributed by atoms with E-state index in [9.17, 15) is 27.5 Å². The zero-order valence-electron chi connectivity index (χ0n) is 13.3. The molecule has 4 nitrogen and oxygen atoms in total. The van der Waals surface area contributed by atoms with Crippen LogP contribution in [0, 0.1) is 5.92 Å². The second kappa shape index (κ2) is 6.58. The fourth-order valence-corrected chi connectivity index (χ4v) is 2.50. The van der Waals surface area contributed by atoms with Crippen LogP contribution in [0.2, 0.25) is 0 Å². The van der Waals surface area contributed by atoms with Crippen molar-refractivity contribution in [3.05, 3.63) is 29.8 Å². The van der Waals surface area contributed by atoms with Crippen molar-refractivity contribution in [2.75, 3.05) is 13.1 Å². The van der Waals surface area contributed by atoms with Gasteiger partial charge in [-0.1, -0.05) is 19.1 Å². The molecule has 1 aliphatic rings. The molecule has 1 amide bonds. The first kappa shape index (κ1) is 18.5. The fourth-order valence-electron chi connectivity index (χ4n) is 2.50. The highest BCUT2D eigenvalue weighted by molar-refractivity contribution is 5.97. The minimum atomic E-state index is -4.69. The molecular weight excluding hydrogens is 330 g/mol. The molecule has 1 fully saturated rings. The maximum atomic E-state index is 13.2. The molecule has 0 radical (unpaired) electrons. The minimum absolute atomic E-state index is 0.216. The van der Waals surface area contributed by atoms with Gasteiger partial charge >= 0.3 is 12.5 Å². The number of carbonyl (C=O) groups excluding carboxylic acids is 1. The van der Waals surface area contributed by atoms with Gasteiger partial charge in [-0.25, -0.2) is 0 Å². The van der Waals surface area contributed by atoms with E-state index >= 15 is 0 Å². The number of likely N-dealkylation sites (tertiary alicyclic amines) is 1. The quantitative estimate of drug-likeness (QED) is 0.850. The molecule has 0 spiro atoms. The summed E-state index contributed by atoms with van der Waals surface area (Å²) in [5.74, 6) is -1.42. The first-order valence-electron chi connectivity index (χ1n) is 7.50. The van der Waals surface area contributed by atoms with Crippen LogP contribution >= 0.6 is 0 Å². The average Bonchev–Trinajstić information content (AvgIpc) is 2.49. The molecule has 2 atom stereocenters. The monoisotopic (exact) mass is 349 g/mol. The highest BCUT2D eigenvalue weighted by Gasteiger charge is 2.45. The van der Waals surface area contributed by atoms with Crippen LogP contribution in [0.5, 0.6) is 5.75 Å². The van der Waals surface area contributed by atoms with E-state index in [1.165, 1.54) is 23.1 Å². The summed E-state index contributed by atoms with van der Waals surface area (Å²) in [6.45, 7) is 3.90. The number of piperidine rings is 1. The Balaban J connectivity index is 2.22. The maximum Gasteiger partial charge on any atom is 0.461 e. The number of nitrogens with zero attached hydrogens (tertiary/aromatic N) is 1. The number of hydrogen-bond acceptors (Lipinski definition) is 3. The third kappa shape index (κ3) is 3.80. The standard InChI is InChI=1S/C16H19F4NO3/c1-10-9-21(8-7-15(10,2)23)13(22)11-5-3-4-6-12(11)24-16(19,20)14(17)18/h3-6,10,14,23H,7-9H2,1-2H3/t10-,15+/m0/s1. The highest BCUT2D eigenvalue weighted by Crippen LogP contribution is 2.32. The van der Waals surface area contributed by atoms with Gasteiger partial charge in [-0.05, 0) is 25.5 Å². The molecule has 1 aromatic carbocycles. The highest BCUT2D eigenvalue weighted by atomic mass is 19.3. The van der Waals surface area contributed by atoms with Crippen LogP contribution in [0.4, 0.5) is 17.6 Å². The van der Waals surface area contributed by atoms with Crippen LogP contribution in [-0.2, 0) is 0 Å². The van der Waals surface area contributed by atoms with Gasteiger partial charge in [0.2, 0.25) is 0 Å². The van der Waals surface area contributed by atoms with Crippen molar-refractivity contribution in [1.29, 1.82) is 0 Å². The zero-order valence-corrected chi connectivity index (χ0v) is 13.3. The third-order valence-corrected chi connectivity index (χ3v) is 4.35. The van der Waals surface area contributed by atoms with Crippen LogP contribution in [0.3, 0.4) is 0 Å². The second-order valence-electron chi connectivity index (χ2n) is 6.22. The lowest BCUT2D eigenvalue weighted by Crippen LogP contribution is -2.51. The van der Waals surface area contributed by atoms with Crippen LogP contribution in [0.15, 0.2) is 24.3 Å². The molecular formula is C16H19F4NO3. The summed E-state index contributed by atoms with van der Waals surface area (Å²) in [5, 5.41) is 10.1. The summed E-state index contributed by atoms with van der Waals surface area (Å²) in [4.78, 5) is 14.0. The number of benzene rings is 1. The van der Waals surface area contributed by atoms with Gasteiger partial charge in [-0.15, -0.1) is 0 Å². The Hall–Kier alpha value is -1.83. The van der Waals surface area contributed by atoms with Gasteiger partial charge in [0.15, 0.2) is 0 Å². The second-order valence-corrected chi connectivity index (χ2v) is 6.22. The summed E-state index contributed by atoms with van der Waals surface area (Å²) < 4.78 is 55.0. The lowest BCUT2D eigenvalue weighted by molar-refractivity contribution is -0.253. The number of hydrogen-bond donors (Lipinski definition) is 1. The fraction of sp³-hybridized carbons (Fsp3) is 0.562. The Bertz CT molecular complexity index is 607. The Morgan fingerprint density at radius 2 is 2.04 bits per heavy atom. The number of alkyl halides is 4. The van der Waals surface area contributed by atoms with E-state index in [0.717, 1.165) is 6.07 Å². The summed E-state index contributed by atoms with van der Waals surface area (Å²) in [7, 11) is 0. The van der Waals surface area contributed by atoms with Gasteiger partial charge in [0.25, 0.3) is 5.91 Å². The van der Waals surface area contributed by atoms with Crippen molar-refractivity contribution >= 4 is 5.91 Å². The number of para-hydroxylation sites is 1. The van der Waals surface area contributed by atoms with Crippen molar-refractivity contribution in [2.24, 2.45) is 5.92 Å². The summed E-state index contributed by atoms with van der Waals surface area (Å²) >= 11 is 0. The zero-order chi connectivity index (χ0) is 18.1. The number of ether oxygens (including phenoxy) is 1. The molecule has 1 heterocycles. The SMILES string of the molecule is C[C@H]1CN(C(=O)c2ccccc2OC(F)(F)C(F)F)CC[C@@]1(C)O. The third-order valence-electron chi connectivity index (χ3n) is 4.35. The van der Waals surface area contributed by atoms with Gasteiger partial charge in [0.1, 0.15) is 5.75 Å². The van der Waals surface area contributed by atoms with Crippen molar-refractivity contribution < 1.29 is 32.2 Å². The van der Waals surface area contributed by atoms with Crippen LogP contribution in [0.1, 0.15) is 30.6 Å².